The van der Waals surface area contributed by atoms with E-state index in [0.717, 1.165) is 11.4 Å². The number of nitroso groups, excluding NO2 is 1. The van der Waals surface area contributed by atoms with Crippen molar-refractivity contribution in [2.75, 3.05) is 5.01 Å². The van der Waals surface area contributed by atoms with Gasteiger partial charge in [-0.2, -0.15) is 5.01 Å². The zero-order valence-electron chi connectivity index (χ0n) is 8.78. The Morgan fingerprint density at radius 1 is 0.750 bits per heavy atom. The van der Waals surface area contributed by atoms with Gasteiger partial charge in [0, 0.05) is 0 Å². The average Bonchev–Trinajstić information content (AvgIpc) is 2.33. The maximum absolute atomic E-state index is 10.8. The minimum atomic E-state index is 0. The van der Waals surface area contributed by atoms with Crippen molar-refractivity contribution in [3.8, 4) is 0 Å². The molecule has 2 aromatic rings. The highest BCUT2D eigenvalue weighted by atomic mass is 16.3. The zero-order valence-corrected chi connectivity index (χ0v) is 8.78. The lowest BCUT2D eigenvalue weighted by Crippen LogP contribution is -2.06. The molecule has 3 N–H and O–H groups in total. The predicted molar refractivity (Wildman–Crippen MR) is 65.8 cm³/mol. The van der Waals surface area contributed by atoms with Crippen LogP contribution in [0.4, 0.5) is 11.4 Å². The lowest BCUT2D eigenvalue weighted by atomic mass is 10.2. The Morgan fingerprint density at radius 3 is 1.44 bits per heavy atom. The lowest BCUT2D eigenvalue weighted by molar-refractivity contribution is 1.07. The van der Waals surface area contributed by atoms with Gasteiger partial charge in [-0.25, -0.2) is 0 Å². The van der Waals surface area contributed by atoms with Crippen molar-refractivity contribution in [1.82, 2.24) is 6.15 Å². The molecule has 0 saturated carbocycles. The lowest BCUT2D eigenvalue weighted by Gasteiger charge is -2.14. The van der Waals surface area contributed by atoms with Crippen LogP contribution in [-0.4, -0.2) is 0 Å². The molecule has 0 amide bonds. The molecule has 0 aromatic heterocycles. The van der Waals surface area contributed by atoms with Crippen LogP contribution >= 0.6 is 0 Å². The van der Waals surface area contributed by atoms with E-state index in [1.165, 1.54) is 5.01 Å². The molecule has 4 heteroatoms. The molecule has 4 nitrogen and oxygen atoms in total. The van der Waals surface area contributed by atoms with Gasteiger partial charge in [0.25, 0.3) is 0 Å². The number of para-hydroxylation sites is 2. The predicted octanol–water partition coefficient (Wildman–Crippen LogP) is 3.67. The molecule has 0 spiro atoms. The van der Waals surface area contributed by atoms with Crippen molar-refractivity contribution in [2.45, 2.75) is 0 Å². The second-order valence-electron chi connectivity index (χ2n) is 3.06. The van der Waals surface area contributed by atoms with E-state index in [1.54, 1.807) is 0 Å². The molecule has 0 unspecified atom stereocenters. The summed E-state index contributed by atoms with van der Waals surface area (Å²) in [6.07, 6.45) is 0. The first-order chi connectivity index (χ1) is 7.42. The fourth-order valence-electron chi connectivity index (χ4n) is 1.38. The minimum Gasteiger partial charge on any atom is -0.344 e. The van der Waals surface area contributed by atoms with Gasteiger partial charge in [-0.05, 0) is 24.3 Å². The molecular formula is C12H13N3O. The van der Waals surface area contributed by atoms with Crippen LogP contribution in [0.2, 0.25) is 0 Å². The molecular weight excluding hydrogens is 202 g/mol. The van der Waals surface area contributed by atoms with Gasteiger partial charge in [-0.15, -0.1) is 4.91 Å². The summed E-state index contributed by atoms with van der Waals surface area (Å²) in [5, 5.41) is 4.37. The number of anilines is 2. The van der Waals surface area contributed by atoms with Gasteiger partial charge in [-0.1, -0.05) is 36.4 Å². The summed E-state index contributed by atoms with van der Waals surface area (Å²) in [6, 6.07) is 18.7. The molecule has 0 aliphatic heterocycles. The van der Waals surface area contributed by atoms with Gasteiger partial charge >= 0.3 is 0 Å². The third-order valence-electron chi connectivity index (χ3n) is 2.08. The molecule has 2 aromatic carbocycles. The van der Waals surface area contributed by atoms with Gasteiger partial charge in [0.15, 0.2) is 0 Å². The van der Waals surface area contributed by atoms with Crippen LogP contribution in [0, 0.1) is 4.91 Å². The van der Waals surface area contributed by atoms with E-state index in [9.17, 15) is 4.91 Å². The third-order valence-corrected chi connectivity index (χ3v) is 2.08. The normalized spacial score (nSPS) is 9.00. The van der Waals surface area contributed by atoms with E-state index in [1.807, 2.05) is 60.7 Å². The van der Waals surface area contributed by atoms with Crippen LogP contribution in [0.3, 0.4) is 0 Å². The van der Waals surface area contributed by atoms with E-state index in [4.69, 9.17) is 0 Å². The number of benzene rings is 2. The Bertz CT molecular complexity index is 391. The topological polar surface area (TPSA) is 67.7 Å². The summed E-state index contributed by atoms with van der Waals surface area (Å²) in [6.45, 7) is 0. The van der Waals surface area contributed by atoms with Crippen LogP contribution in [0.15, 0.2) is 65.9 Å². The van der Waals surface area contributed by atoms with Crippen molar-refractivity contribution < 1.29 is 0 Å². The Balaban J connectivity index is 0.00000128. The fraction of sp³-hybridized carbons (Fsp3) is 0. The standard InChI is InChI=1S/C12H10N2O.H3N/c15-13-14(11-7-3-1-4-8-11)12-9-5-2-6-10-12;/h1-10H;1H3. The monoisotopic (exact) mass is 215 g/mol. The number of hydrogen-bond acceptors (Lipinski definition) is 3. The number of rotatable bonds is 3. The molecule has 82 valence electrons. The summed E-state index contributed by atoms with van der Waals surface area (Å²) < 4.78 is 0. The fourth-order valence-corrected chi connectivity index (χ4v) is 1.38. The van der Waals surface area contributed by atoms with Crippen molar-refractivity contribution in [3.63, 3.8) is 0 Å². The minimum absolute atomic E-state index is 0. The highest BCUT2D eigenvalue weighted by Crippen LogP contribution is 2.24. The van der Waals surface area contributed by atoms with E-state index < -0.39 is 0 Å². The molecule has 0 saturated heterocycles. The van der Waals surface area contributed by atoms with E-state index in [0.29, 0.717) is 0 Å². The maximum Gasteiger partial charge on any atom is 0.0685 e. The first-order valence-corrected chi connectivity index (χ1v) is 4.65. The van der Waals surface area contributed by atoms with Gasteiger partial charge in [0.1, 0.15) is 0 Å². The van der Waals surface area contributed by atoms with Gasteiger partial charge in [-0.3, -0.25) is 0 Å². The maximum atomic E-state index is 10.8. The van der Waals surface area contributed by atoms with Crippen LogP contribution < -0.4 is 11.2 Å². The SMILES string of the molecule is N.O=NN(c1ccccc1)c1ccccc1. The van der Waals surface area contributed by atoms with E-state index in [-0.39, 0.29) is 6.15 Å². The molecule has 0 aliphatic carbocycles. The zero-order chi connectivity index (χ0) is 10.5. The molecule has 0 bridgehead atoms. The summed E-state index contributed by atoms with van der Waals surface area (Å²) in [7, 11) is 0. The molecule has 2 rings (SSSR count). The second kappa shape index (κ2) is 5.63. The van der Waals surface area contributed by atoms with Gasteiger partial charge < -0.3 is 6.15 Å². The molecule has 16 heavy (non-hydrogen) atoms. The summed E-state index contributed by atoms with van der Waals surface area (Å²) in [5.41, 5.74) is 1.53. The van der Waals surface area contributed by atoms with Crippen molar-refractivity contribution in [2.24, 2.45) is 5.29 Å². The summed E-state index contributed by atoms with van der Waals surface area (Å²) >= 11 is 0. The first-order valence-electron chi connectivity index (χ1n) is 4.65. The second-order valence-corrected chi connectivity index (χ2v) is 3.06. The summed E-state index contributed by atoms with van der Waals surface area (Å²) in [5.74, 6) is 0. The van der Waals surface area contributed by atoms with Gasteiger partial charge in [0.05, 0.1) is 16.7 Å². The Morgan fingerprint density at radius 2 is 1.12 bits per heavy atom. The number of nitrogens with zero attached hydrogens (tertiary/aromatic N) is 2. The smallest absolute Gasteiger partial charge is 0.0685 e. The molecule has 0 atom stereocenters. The van der Waals surface area contributed by atoms with Crippen LogP contribution in [0.1, 0.15) is 0 Å². The first kappa shape index (κ1) is 11.9. The van der Waals surface area contributed by atoms with Crippen molar-refractivity contribution >= 4 is 11.4 Å². The van der Waals surface area contributed by atoms with Crippen LogP contribution in [0.5, 0.6) is 0 Å². The van der Waals surface area contributed by atoms with Crippen molar-refractivity contribution in [1.29, 1.82) is 0 Å². The van der Waals surface area contributed by atoms with Crippen LogP contribution in [0.25, 0.3) is 0 Å². The van der Waals surface area contributed by atoms with Crippen molar-refractivity contribution in [3.05, 3.63) is 65.6 Å². The molecule has 0 fully saturated rings. The highest BCUT2D eigenvalue weighted by molar-refractivity contribution is 5.61. The quantitative estimate of drug-likeness (QED) is 0.627. The number of hydrogen-bond donors (Lipinski definition) is 1. The molecule has 0 aliphatic rings. The van der Waals surface area contributed by atoms with Gasteiger partial charge in [0.2, 0.25) is 0 Å². The Hall–Kier alpha value is -2.20. The highest BCUT2D eigenvalue weighted by Gasteiger charge is 2.07. The van der Waals surface area contributed by atoms with E-state index >= 15 is 0 Å². The average molecular weight is 215 g/mol. The van der Waals surface area contributed by atoms with E-state index in [2.05, 4.69) is 5.29 Å². The third kappa shape index (κ3) is 2.43. The molecule has 0 heterocycles. The summed E-state index contributed by atoms with van der Waals surface area (Å²) in [4.78, 5) is 10.8. The Labute approximate surface area is 94.0 Å². The largest absolute Gasteiger partial charge is 0.344 e. The van der Waals surface area contributed by atoms with Crippen LogP contribution in [-0.2, 0) is 0 Å². The Kier molecular flexibility index (Phi) is 4.17. The molecule has 0 radical (unpaired) electrons.